The normalized spacial score (nSPS) is 12.8. The zero-order valence-corrected chi connectivity index (χ0v) is 10.5. The molecular weight excluding hydrogens is 221 g/mol. The van der Waals surface area contributed by atoms with Gasteiger partial charge in [-0.2, -0.15) is 0 Å². The summed E-state index contributed by atoms with van der Waals surface area (Å²) in [5.74, 6) is 5.67. The molecule has 0 bridgehead atoms. The monoisotopic (exact) mass is 241 g/mol. The lowest BCUT2D eigenvalue weighted by atomic mass is 10.0. The number of hydrazine groups is 1. The summed E-state index contributed by atoms with van der Waals surface area (Å²) in [5, 5.41) is 0. The second-order valence-electron chi connectivity index (χ2n) is 4.20. The van der Waals surface area contributed by atoms with Gasteiger partial charge < -0.3 is 9.64 Å². The molecular formula is C12H20FN3O. The van der Waals surface area contributed by atoms with Crippen molar-refractivity contribution in [3.8, 4) is 5.75 Å². The topological polar surface area (TPSA) is 50.5 Å². The predicted molar refractivity (Wildman–Crippen MR) is 66.2 cm³/mol. The van der Waals surface area contributed by atoms with Crippen LogP contribution in [0.3, 0.4) is 0 Å². The summed E-state index contributed by atoms with van der Waals surface area (Å²) in [6.07, 6.45) is 0.743. The van der Waals surface area contributed by atoms with E-state index >= 15 is 0 Å². The lowest BCUT2D eigenvalue weighted by molar-refractivity contribution is 0.357. The summed E-state index contributed by atoms with van der Waals surface area (Å²) < 4.78 is 18.8. The Morgan fingerprint density at radius 1 is 1.47 bits per heavy atom. The lowest BCUT2D eigenvalue weighted by Gasteiger charge is -2.19. The van der Waals surface area contributed by atoms with E-state index in [9.17, 15) is 4.39 Å². The van der Waals surface area contributed by atoms with Crippen molar-refractivity contribution >= 4 is 0 Å². The van der Waals surface area contributed by atoms with Crippen LogP contribution < -0.4 is 16.0 Å². The number of ether oxygens (including phenoxy) is 1. The minimum Gasteiger partial charge on any atom is -0.497 e. The molecule has 5 heteroatoms. The van der Waals surface area contributed by atoms with Gasteiger partial charge in [-0.15, -0.1) is 0 Å². The molecule has 0 spiro atoms. The molecule has 1 aromatic rings. The first-order valence-corrected chi connectivity index (χ1v) is 5.52. The van der Waals surface area contributed by atoms with Gasteiger partial charge in [0.2, 0.25) is 0 Å². The van der Waals surface area contributed by atoms with Gasteiger partial charge in [-0.25, -0.2) is 4.39 Å². The van der Waals surface area contributed by atoms with Crippen LogP contribution >= 0.6 is 0 Å². The van der Waals surface area contributed by atoms with Crippen molar-refractivity contribution in [2.45, 2.75) is 12.5 Å². The van der Waals surface area contributed by atoms with Gasteiger partial charge in [-0.05, 0) is 33.1 Å². The maximum atomic E-state index is 13.8. The molecule has 17 heavy (non-hydrogen) atoms. The highest BCUT2D eigenvalue weighted by atomic mass is 19.1. The molecule has 1 unspecified atom stereocenters. The number of hydrogen-bond donors (Lipinski definition) is 2. The van der Waals surface area contributed by atoms with Gasteiger partial charge in [-0.3, -0.25) is 11.3 Å². The van der Waals surface area contributed by atoms with Crippen LogP contribution in [-0.4, -0.2) is 32.6 Å². The van der Waals surface area contributed by atoms with E-state index in [1.54, 1.807) is 12.1 Å². The van der Waals surface area contributed by atoms with Crippen molar-refractivity contribution in [3.63, 3.8) is 0 Å². The third-order valence-corrected chi connectivity index (χ3v) is 2.65. The van der Waals surface area contributed by atoms with Crippen LogP contribution in [0.1, 0.15) is 18.0 Å². The summed E-state index contributed by atoms with van der Waals surface area (Å²) >= 11 is 0. The van der Waals surface area contributed by atoms with Gasteiger partial charge in [-0.1, -0.05) is 6.07 Å². The molecule has 0 saturated heterocycles. The molecule has 0 fully saturated rings. The first-order valence-electron chi connectivity index (χ1n) is 5.52. The maximum Gasteiger partial charge on any atom is 0.131 e. The molecule has 0 amide bonds. The van der Waals surface area contributed by atoms with Crippen molar-refractivity contribution in [2.24, 2.45) is 5.84 Å². The molecule has 0 aliphatic carbocycles. The fourth-order valence-corrected chi connectivity index (χ4v) is 1.63. The lowest BCUT2D eigenvalue weighted by Crippen LogP contribution is -2.31. The summed E-state index contributed by atoms with van der Waals surface area (Å²) in [6, 6.07) is 4.62. The molecule has 0 heterocycles. The molecule has 1 rings (SSSR count). The van der Waals surface area contributed by atoms with Gasteiger partial charge in [0, 0.05) is 11.6 Å². The van der Waals surface area contributed by atoms with E-state index in [0.29, 0.717) is 11.3 Å². The third-order valence-electron chi connectivity index (χ3n) is 2.65. The zero-order valence-electron chi connectivity index (χ0n) is 10.5. The molecule has 0 radical (unpaired) electrons. The van der Waals surface area contributed by atoms with Crippen molar-refractivity contribution in [3.05, 3.63) is 29.6 Å². The number of methoxy groups -OCH3 is 1. The first kappa shape index (κ1) is 13.9. The van der Waals surface area contributed by atoms with E-state index in [1.807, 2.05) is 19.0 Å². The van der Waals surface area contributed by atoms with Crippen LogP contribution in [0.25, 0.3) is 0 Å². The predicted octanol–water partition coefficient (Wildman–Crippen LogP) is 1.29. The fourth-order valence-electron chi connectivity index (χ4n) is 1.63. The van der Waals surface area contributed by atoms with Gasteiger partial charge in [0.15, 0.2) is 0 Å². The van der Waals surface area contributed by atoms with Crippen molar-refractivity contribution in [2.75, 3.05) is 27.7 Å². The van der Waals surface area contributed by atoms with Gasteiger partial charge in [0.25, 0.3) is 0 Å². The highest BCUT2D eigenvalue weighted by Gasteiger charge is 2.15. The van der Waals surface area contributed by atoms with Crippen LogP contribution in [0.15, 0.2) is 18.2 Å². The Hall–Kier alpha value is -1.17. The molecule has 3 N–H and O–H groups in total. The Kier molecular flexibility index (Phi) is 5.34. The largest absolute Gasteiger partial charge is 0.497 e. The van der Waals surface area contributed by atoms with Crippen LogP contribution in [0, 0.1) is 5.82 Å². The Morgan fingerprint density at radius 2 is 2.18 bits per heavy atom. The summed E-state index contributed by atoms with van der Waals surface area (Å²) in [5.41, 5.74) is 3.21. The third kappa shape index (κ3) is 3.96. The Bertz CT molecular complexity index is 358. The van der Waals surface area contributed by atoms with E-state index < -0.39 is 0 Å². The fraction of sp³-hybridized carbons (Fsp3) is 0.500. The quantitative estimate of drug-likeness (QED) is 0.582. The van der Waals surface area contributed by atoms with Crippen LogP contribution in [0.5, 0.6) is 5.75 Å². The van der Waals surface area contributed by atoms with E-state index in [1.165, 1.54) is 13.2 Å². The maximum absolute atomic E-state index is 13.8. The van der Waals surface area contributed by atoms with Gasteiger partial charge in [0.1, 0.15) is 11.6 Å². The number of halogens is 1. The number of nitrogens with zero attached hydrogens (tertiary/aromatic N) is 1. The number of nitrogens with one attached hydrogen (secondary N) is 1. The van der Waals surface area contributed by atoms with E-state index in [0.717, 1.165) is 13.0 Å². The van der Waals surface area contributed by atoms with E-state index in [2.05, 4.69) is 5.43 Å². The number of nitrogens with two attached hydrogens (primary N) is 1. The average Bonchev–Trinajstić information content (AvgIpc) is 2.31. The van der Waals surface area contributed by atoms with E-state index in [4.69, 9.17) is 10.6 Å². The van der Waals surface area contributed by atoms with Gasteiger partial charge in [0.05, 0.1) is 13.2 Å². The standard InChI is InChI=1S/C12H20FN3O/c1-16(2)7-6-12(15-14)10-5-4-9(17-3)8-11(10)13/h4-5,8,12,15H,6-7,14H2,1-3H3. The molecule has 1 atom stereocenters. The SMILES string of the molecule is COc1ccc(C(CCN(C)C)NN)c(F)c1. The summed E-state index contributed by atoms with van der Waals surface area (Å²) in [7, 11) is 5.45. The zero-order chi connectivity index (χ0) is 12.8. The van der Waals surface area contributed by atoms with Crippen LogP contribution in [0.4, 0.5) is 4.39 Å². The van der Waals surface area contributed by atoms with Gasteiger partial charge >= 0.3 is 0 Å². The highest BCUT2D eigenvalue weighted by Crippen LogP contribution is 2.23. The average molecular weight is 241 g/mol. The highest BCUT2D eigenvalue weighted by molar-refractivity contribution is 5.30. The van der Waals surface area contributed by atoms with Crippen LogP contribution in [0.2, 0.25) is 0 Å². The Labute approximate surface area is 102 Å². The second-order valence-corrected chi connectivity index (χ2v) is 4.20. The summed E-state index contributed by atoms with van der Waals surface area (Å²) in [6.45, 7) is 0.834. The molecule has 0 aliphatic heterocycles. The first-order chi connectivity index (χ1) is 8.08. The minimum atomic E-state index is -0.300. The number of rotatable bonds is 6. The summed E-state index contributed by atoms with van der Waals surface area (Å²) in [4.78, 5) is 2.03. The molecule has 0 aliphatic rings. The molecule has 4 nitrogen and oxygen atoms in total. The number of hydrogen-bond acceptors (Lipinski definition) is 4. The molecule has 0 saturated carbocycles. The smallest absolute Gasteiger partial charge is 0.131 e. The second kappa shape index (κ2) is 6.54. The van der Waals surface area contributed by atoms with Crippen molar-refractivity contribution < 1.29 is 9.13 Å². The molecule has 96 valence electrons. The van der Waals surface area contributed by atoms with E-state index in [-0.39, 0.29) is 11.9 Å². The van der Waals surface area contributed by atoms with Crippen molar-refractivity contribution in [1.82, 2.24) is 10.3 Å². The molecule has 0 aromatic heterocycles. The Balaban J connectivity index is 2.80. The Morgan fingerprint density at radius 3 is 2.65 bits per heavy atom. The molecule has 1 aromatic carbocycles. The van der Waals surface area contributed by atoms with Crippen molar-refractivity contribution in [1.29, 1.82) is 0 Å². The number of benzene rings is 1. The minimum absolute atomic E-state index is 0.191. The van der Waals surface area contributed by atoms with Crippen LogP contribution in [-0.2, 0) is 0 Å².